The van der Waals surface area contributed by atoms with Crippen LogP contribution in [0.25, 0.3) is 0 Å². The number of hydrogen-bond donors (Lipinski definition) is 2. The fourth-order valence-corrected chi connectivity index (χ4v) is 4.81. The van der Waals surface area contributed by atoms with Gasteiger partial charge in [-0.2, -0.15) is 18.3 Å². The molecule has 36 heavy (non-hydrogen) atoms. The summed E-state index contributed by atoms with van der Waals surface area (Å²) in [6.07, 6.45) is -4.59. The molecule has 4 rings (SSSR count). The number of halogens is 3. The number of nitrogens with one attached hydrogen (secondary N) is 2. The second-order valence-corrected chi connectivity index (χ2v) is 9.89. The first kappa shape index (κ1) is 25.5. The lowest BCUT2D eigenvalue weighted by Crippen LogP contribution is -2.48. The number of aromatic nitrogens is 2. The van der Waals surface area contributed by atoms with Gasteiger partial charge in [0.25, 0.3) is 15.9 Å². The topological polar surface area (TPSA) is 108 Å². The van der Waals surface area contributed by atoms with Crippen molar-refractivity contribution in [2.45, 2.75) is 17.6 Å². The fourth-order valence-electron chi connectivity index (χ4n) is 3.75. The number of piperazine rings is 1. The third-order valence-electron chi connectivity index (χ3n) is 5.74. The summed E-state index contributed by atoms with van der Waals surface area (Å²) < 4.78 is 71.0. The predicted octanol–water partition coefficient (Wildman–Crippen LogP) is 3.20. The molecule has 2 heterocycles. The largest absolute Gasteiger partial charge is 0.497 e. The number of carbonyl (C=O) groups excluding carboxylic acids is 1. The number of carbonyl (C=O) groups is 1. The van der Waals surface area contributed by atoms with Crippen LogP contribution in [0.1, 0.15) is 21.7 Å². The number of rotatable bonds is 7. The molecule has 0 saturated carbocycles. The molecule has 192 valence electrons. The average molecular weight is 524 g/mol. The molecule has 13 heteroatoms. The zero-order valence-electron chi connectivity index (χ0n) is 19.2. The Kier molecular flexibility index (Phi) is 7.22. The van der Waals surface area contributed by atoms with Crippen molar-refractivity contribution in [3.8, 4) is 5.75 Å². The van der Waals surface area contributed by atoms with Crippen LogP contribution >= 0.6 is 0 Å². The maximum absolute atomic E-state index is 12.7. The molecule has 3 aromatic rings. The molecule has 2 aromatic carbocycles. The van der Waals surface area contributed by atoms with E-state index in [1.54, 1.807) is 24.3 Å². The van der Waals surface area contributed by atoms with Crippen LogP contribution in [-0.2, 0) is 22.7 Å². The SMILES string of the molecule is COc1ccc(S(=O)(=O)Nc2ccc(CN3CCN(C(=O)c4cc(C(F)(F)F)[nH]n4)CC3)cc2)cc1. The van der Waals surface area contributed by atoms with Gasteiger partial charge in [0.1, 0.15) is 11.4 Å². The number of methoxy groups -OCH3 is 1. The number of hydrogen-bond acceptors (Lipinski definition) is 6. The first-order valence-electron chi connectivity index (χ1n) is 11.0. The van der Waals surface area contributed by atoms with Crippen molar-refractivity contribution in [3.05, 3.63) is 71.5 Å². The zero-order valence-corrected chi connectivity index (χ0v) is 20.1. The Balaban J connectivity index is 1.29. The highest BCUT2D eigenvalue weighted by atomic mass is 32.2. The molecule has 0 bridgehead atoms. The Morgan fingerprint density at radius 3 is 2.25 bits per heavy atom. The molecule has 0 aliphatic carbocycles. The molecule has 1 aliphatic rings. The Morgan fingerprint density at radius 2 is 1.69 bits per heavy atom. The van der Waals surface area contributed by atoms with Gasteiger partial charge in [-0.1, -0.05) is 12.1 Å². The number of sulfonamides is 1. The van der Waals surface area contributed by atoms with Crippen molar-refractivity contribution in [1.29, 1.82) is 0 Å². The second kappa shape index (κ2) is 10.2. The highest BCUT2D eigenvalue weighted by Crippen LogP contribution is 2.28. The van der Waals surface area contributed by atoms with E-state index in [9.17, 15) is 26.4 Å². The molecular weight excluding hydrogens is 499 g/mol. The van der Waals surface area contributed by atoms with Gasteiger partial charge in [0.2, 0.25) is 0 Å². The second-order valence-electron chi connectivity index (χ2n) is 8.21. The monoisotopic (exact) mass is 523 g/mol. The lowest BCUT2D eigenvalue weighted by Gasteiger charge is -2.34. The lowest BCUT2D eigenvalue weighted by molar-refractivity contribution is -0.141. The van der Waals surface area contributed by atoms with E-state index < -0.39 is 27.8 Å². The van der Waals surface area contributed by atoms with Gasteiger partial charge in [0.15, 0.2) is 5.69 Å². The van der Waals surface area contributed by atoms with E-state index >= 15 is 0 Å². The van der Waals surface area contributed by atoms with E-state index in [1.807, 2.05) is 17.2 Å². The van der Waals surface area contributed by atoms with Crippen LogP contribution < -0.4 is 9.46 Å². The Hall–Kier alpha value is -3.58. The zero-order chi connectivity index (χ0) is 25.9. The molecular formula is C23H24F3N5O4S. The normalized spacial score (nSPS) is 15.1. The molecule has 9 nitrogen and oxygen atoms in total. The number of aromatic amines is 1. The fraction of sp³-hybridized carbons (Fsp3) is 0.304. The van der Waals surface area contributed by atoms with Crippen molar-refractivity contribution in [1.82, 2.24) is 20.0 Å². The summed E-state index contributed by atoms with van der Waals surface area (Å²) in [5.74, 6) is 0.00938. The molecule has 1 aromatic heterocycles. The lowest BCUT2D eigenvalue weighted by atomic mass is 10.2. The van der Waals surface area contributed by atoms with E-state index in [4.69, 9.17) is 4.74 Å². The summed E-state index contributed by atoms with van der Waals surface area (Å²) in [6, 6.07) is 13.7. The quantitative estimate of drug-likeness (QED) is 0.493. The van der Waals surface area contributed by atoms with Gasteiger partial charge < -0.3 is 9.64 Å². The summed E-state index contributed by atoms with van der Waals surface area (Å²) in [6.45, 7) is 2.36. The van der Waals surface area contributed by atoms with Gasteiger partial charge in [-0.05, 0) is 42.0 Å². The van der Waals surface area contributed by atoms with Crippen molar-refractivity contribution >= 4 is 21.6 Å². The molecule has 0 radical (unpaired) electrons. The molecule has 2 N–H and O–H groups in total. The van der Waals surface area contributed by atoms with Gasteiger partial charge in [0, 0.05) is 44.5 Å². The summed E-state index contributed by atoms with van der Waals surface area (Å²) >= 11 is 0. The van der Waals surface area contributed by atoms with Crippen LogP contribution in [-0.4, -0.2) is 67.6 Å². The number of amides is 1. The maximum atomic E-state index is 12.7. The molecule has 1 amide bonds. The summed E-state index contributed by atoms with van der Waals surface area (Å²) in [5, 5.41) is 5.36. The first-order valence-corrected chi connectivity index (χ1v) is 12.4. The van der Waals surface area contributed by atoms with Crippen LogP contribution in [0.15, 0.2) is 59.5 Å². The van der Waals surface area contributed by atoms with E-state index in [2.05, 4.69) is 14.7 Å². The van der Waals surface area contributed by atoms with Crippen LogP contribution in [0.5, 0.6) is 5.75 Å². The minimum atomic E-state index is -4.59. The molecule has 0 spiro atoms. The van der Waals surface area contributed by atoms with E-state index in [-0.39, 0.29) is 10.6 Å². The van der Waals surface area contributed by atoms with Crippen LogP contribution in [0.3, 0.4) is 0 Å². The Morgan fingerprint density at radius 1 is 1.06 bits per heavy atom. The molecule has 0 atom stereocenters. The summed E-state index contributed by atoms with van der Waals surface area (Å²) in [7, 11) is -2.25. The van der Waals surface area contributed by atoms with Gasteiger partial charge in [-0.15, -0.1) is 0 Å². The number of benzene rings is 2. The van der Waals surface area contributed by atoms with Gasteiger partial charge >= 0.3 is 6.18 Å². The first-order chi connectivity index (χ1) is 17.0. The maximum Gasteiger partial charge on any atom is 0.432 e. The van der Waals surface area contributed by atoms with Crippen LogP contribution in [0.4, 0.5) is 18.9 Å². The average Bonchev–Trinajstić information content (AvgIpc) is 3.36. The minimum Gasteiger partial charge on any atom is -0.497 e. The minimum absolute atomic E-state index is 0.115. The van der Waals surface area contributed by atoms with Crippen LogP contribution in [0.2, 0.25) is 0 Å². The highest BCUT2D eigenvalue weighted by Gasteiger charge is 2.34. The molecule has 0 unspecified atom stereocenters. The molecule has 1 aliphatic heterocycles. The Bertz CT molecular complexity index is 1300. The molecule has 1 saturated heterocycles. The van der Waals surface area contributed by atoms with Gasteiger partial charge in [0.05, 0.1) is 12.0 Å². The third kappa shape index (κ3) is 5.97. The number of anilines is 1. The van der Waals surface area contributed by atoms with Gasteiger partial charge in [-0.25, -0.2) is 8.42 Å². The number of alkyl halides is 3. The molecule has 1 fully saturated rings. The predicted molar refractivity (Wildman–Crippen MR) is 125 cm³/mol. The highest BCUT2D eigenvalue weighted by molar-refractivity contribution is 7.92. The van der Waals surface area contributed by atoms with Gasteiger partial charge in [-0.3, -0.25) is 19.5 Å². The standard InChI is InChI=1S/C23H24F3N5O4S/c1-35-18-6-8-19(9-7-18)36(33,34)29-17-4-2-16(3-5-17)15-30-10-12-31(13-11-30)22(32)20-14-21(28-27-20)23(24,25)26/h2-9,14,29H,10-13,15H2,1H3,(H,27,28). The van der Waals surface area contributed by atoms with E-state index in [0.29, 0.717) is 44.2 Å². The van der Waals surface area contributed by atoms with E-state index in [1.165, 1.54) is 24.1 Å². The summed E-state index contributed by atoms with van der Waals surface area (Å²) in [5.41, 5.74) is 0.0502. The summed E-state index contributed by atoms with van der Waals surface area (Å²) in [4.78, 5) is 16.2. The van der Waals surface area contributed by atoms with E-state index in [0.717, 1.165) is 11.6 Å². The number of ether oxygens (including phenoxy) is 1. The van der Waals surface area contributed by atoms with Crippen LogP contribution in [0, 0.1) is 0 Å². The smallest absolute Gasteiger partial charge is 0.432 e. The van der Waals surface area contributed by atoms with Crippen molar-refractivity contribution < 1.29 is 31.1 Å². The number of nitrogens with zero attached hydrogens (tertiary/aromatic N) is 3. The Labute approximate surface area is 205 Å². The number of H-pyrrole nitrogens is 1. The third-order valence-corrected chi connectivity index (χ3v) is 7.14. The van der Waals surface area contributed by atoms with Crippen molar-refractivity contribution in [2.75, 3.05) is 38.0 Å². The van der Waals surface area contributed by atoms with Crippen molar-refractivity contribution in [3.63, 3.8) is 0 Å². The van der Waals surface area contributed by atoms with Crippen molar-refractivity contribution in [2.24, 2.45) is 0 Å².